The van der Waals surface area contributed by atoms with Gasteiger partial charge in [-0.15, -0.1) is 0 Å². The van der Waals surface area contributed by atoms with Gasteiger partial charge < -0.3 is 4.90 Å². The van der Waals surface area contributed by atoms with Crippen LogP contribution in [0.5, 0.6) is 0 Å². The summed E-state index contributed by atoms with van der Waals surface area (Å²) < 4.78 is 0. The van der Waals surface area contributed by atoms with Gasteiger partial charge in [0, 0.05) is 55.7 Å². The minimum Gasteiger partial charge on any atom is -0.343 e. The van der Waals surface area contributed by atoms with Crippen molar-refractivity contribution in [3.05, 3.63) is 65.0 Å². The third kappa shape index (κ3) is 5.58. The van der Waals surface area contributed by atoms with Crippen LogP contribution in [0.2, 0.25) is 0 Å². The number of benzene rings is 1. The molecule has 4 heterocycles. The summed E-state index contributed by atoms with van der Waals surface area (Å²) in [6.45, 7) is 1.86. The number of amides is 4. The molecule has 2 aromatic rings. The summed E-state index contributed by atoms with van der Waals surface area (Å²) in [6, 6.07) is 11.9. The van der Waals surface area contributed by atoms with Gasteiger partial charge in [-0.05, 0) is 67.9 Å². The molecule has 5 rings (SSSR count). The van der Waals surface area contributed by atoms with Gasteiger partial charge in [0.2, 0.25) is 17.7 Å². The molecule has 3 aliphatic rings. The zero-order chi connectivity index (χ0) is 25.8. The first kappa shape index (κ1) is 25.1. The highest BCUT2D eigenvalue weighted by Crippen LogP contribution is 2.29. The Labute approximate surface area is 217 Å². The van der Waals surface area contributed by atoms with E-state index in [-0.39, 0.29) is 30.2 Å². The number of hydrogen-bond donors (Lipinski definition) is 0. The summed E-state index contributed by atoms with van der Waals surface area (Å²) in [5.74, 6) is -0.200. The van der Waals surface area contributed by atoms with E-state index in [1.54, 1.807) is 0 Å². The Morgan fingerprint density at radius 3 is 2.46 bits per heavy atom. The van der Waals surface area contributed by atoms with Gasteiger partial charge >= 0.3 is 0 Å². The van der Waals surface area contributed by atoms with Crippen LogP contribution in [-0.4, -0.2) is 56.6 Å². The molecule has 37 heavy (non-hydrogen) atoms. The molecule has 0 aliphatic carbocycles. The van der Waals surface area contributed by atoms with Gasteiger partial charge in [-0.2, -0.15) is 5.01 Å². The van der Waals surface area contributed by atoms with E-state index in [0.29, 0.717) is 37.2 Å². The van der Waals surface area contributed by atoms with Gasteiger partial charge in [0.05, 0.1) is 6.54 Å². The highest BCUT2D eigenvalue weighted by molar-refractivity contribution is 6.04. The van der Waals surface area contributed by atoms with Gasteiger partial charge in [0.15, 0.2) is 0 Å². The molecule has 3 aliphatic heterocycles. The van der Waals surface area contributed by atoms with E-state index in [2.05, 4.69) is 11.1 Å². The second-order valence-electron chi connectivity index (χ2n) is 10.3. The fourth-order valence-corrected chi connectivity index (χ4v) is 5.64. The predicted octanol–water partition coefficient (Wildman–Crippen LogP) is 4.00. The maximum Gasteiger partial charge on any atom is 0.273 e. The number of unbranched alkanes of at least 4 members (excludes halogenated alkanes) is 2. The minimum absolute atomic E-state index is 0.240. The maximum atomic E-state index is 13.0. The first-order valence-corrected chi connectivity index (χ1v) is 13.5. The zero-order valence-electron chi connectivity index (χ0n) is 21.2. The molecule has 0 bridgehead atoms. The Kier molecular flexibility index (Phi) is 7.63. The Hall–Kier alpha value is -3.55. The molecular weight excluding hydrogens is 468 g/mol. The van der Waals surface area contributed by atoms with Crippen molar-refractivity contribution in [3.8, 4) is 0 Å². The quantitative estimate of drug-likeness (QED) is 0.402. The van der Waals surface area contributed by atoms with Crippen molar-refractivity contribution >= 4 is 23.6 Å². The summed E-state index contributed by atoms with van der Waals surface area (Å²) in [7, 11) is 0. The van der Waals surface area contributed by atoms with Crippen LogP contribution in [0, 0.1) is 0 Å². The van der Waals surface area contributed by atoms with Crippen molar-refractivity contribution < 1.29 is 19.2 Å². The number of hydrazine groups is 1. The van der Waals surface area contributed by atoms with E-state index >= 15 is 0 Å². The van der Waals surface area contributed by atoms with Crippen LogP contribution in [0.4, 0.5) is 0 Å². The second kappa shape index (κ2) is 11.2. The van der Waals surface area contributed by atoms with Crippen LogP contribution in [0.3, 0.4) is 0 Å². The zero-order valence-corrected chi connectivity index (χ0v) is 21.2. The van der Waals surface area contributed by atoms with E-state index in [1.165, 1.54) is 5.01 Å². The monoisotopic (exact) mass is 502 g/mol. The number of carbonyl (C=O) groups excluding carboxylic acids is 4. The molecule has 0 N–H and O–H groups in total. The van der Waals surface area contributed by atoms with Gasteiger partial charge in [0.1, 0.15) is 0 Å². The third-order valence-corrected chi connectivity index (χ3v) is 7.76. The van der Waals surface area contributed by atoms with Crippen molar-refractivity contribution in [1.29, 1.82) is 0 Å². The highest BCUT2D eigenvalue weighted by Gasteiger charge is 2.39. The van der Waals surface area contributed by atoms with Crippen LogP contribution in [-0.2, 0) is 27.3 Å². The van der Waals surface area contributed by atoms with Crippen LogP contribution >= 0.6 is 0 Å². The fraction of sp³-hybridized carbons (Fsp3) is 0.483. The van der Waals surface area contributed by atoms with Gasteiger partial charge in [-0.25, -0.2) is 5.01 Å². The lowest BCUT2D eigenvalue weighted by Crippen LogP contribution is -2.51. The normalized spacial score (nSPS) is 18.5. The van der Waals surface area contributed by atoms with E-state index in [1.807, 2.05) is 41.4 Å². The molecule has 0 atom stereocenters. The lowest BCUT2D eigenvalue weighted by atomic mass is 9.93. The Morgan fingerprint density at radius 2 is 1.73 bits per heavy atom. The molecule has 0 spiro atoms. The lowest BCUT2D eigenvalue weighted by Gasteiger charge is -2.32. The van der Waals surface area contributed by atoms with Crippen molar-refractivity contribution in [2.45, 2.75) is 76.7 Å². The summed E-state index contributed by atoms with van der Waals surface area (Å²) >= 11 is 0. The molecule has 2 fully saturated rings. The number of piperidine rings is 2. The Bertz CT molecular complexity index is 1160. The molecule has 1 aromatic carbocycles. The van der Waals surface area contributed by atoms with Gasteiger partial charge in [-0.3, -0.25) is 24.2 Å². The molecule has 0 radical (unpaired) electrons. The molecule has 1 aromatic heterocycles. The van der Waals surface area contributed by atoms with Crippen LogP contribution in [0.25, 0.3) is 0 Å². The Morgan fingerprint density at radius 1 is 0.946 bits per heavy atom. The van der Waals surface area contributed by atoms with E-state index in [0.717, 1.165) is 73.4 Å². The Balaban J connectivity index is 1.04. The standard InChI is InChI=1S/C29H34N4O4/c34-26(31-17-14-22(15-18-31)25-8-4-5-16-30-25)9-3-1-2-7-21-12-13-23-20-32(29(37)24(23)19-21)33-27(35)10-6-11-28(33)36/h4-5,8,12-13,16,19,22H,1-3,6-7,9-11,14-15,17-18,20H2. The number of rotatable bonds is 8. The van der Waals surface area contributed by atoms with Crippen molar-refractivity contribution in [2.24, 2.45) is 0 Å². The second-order valence-corrected chi connectivity index (χ2v) is 10.3. The molecule has 8 nitrogen and oxygen atoms in total. The van der Waals surface area contributed by atoms with Crippen LogP contribution < -0.4 is 0 Å². The average molecular weight is 503 g/mol. The third-order valence-electron chi connectivity index (χ3n) is 7.76. The first-order valence-electron chi connectivity index (χ1n) is 13.5. The predicted molar refractivity (Wildman–Crippen MR) is 137 cm³/mol. The molecule has 2 saturated heterocycles. The van der Waals surface area contributed by atoms with Crippen LogP contribution in [0.1, 0.15) is 90.9 Å². The average Bonchev–Trinajstić information content (AvgIpc) is 3.24. The van der Waals surface area contributed by atoms with E-state index in [9.17, 15) is 19.2 Å². The number of fused-ring (bicyclic) bond motifs is 1. The molecular formula is C29H34N4O4. The number of imide groups is 1. The van der Waals surface area contributed by atoms with E-state index < -0.39 is 0 Å². The maximum absolute atomic E-state index is 13.0. The van der Waals surface area contributed by atoms with Crippen LogP contribution in [0.15, 0.2) is 42.6 Å². The topological polar surface area (TPSA) is 90.9 Å². The number of nitrogens with zero attached hydrogens (tertiary/aromatic N) is 4. The molecule has 4 amide bonds. The summed E-state index contributed by atoms with van der Waals surface area (Å²) in [4.78, 5) is 56.6. The minimum atomic E-state index is -0.301. The number of aryl methyl sites for hydroxylation is 1. The van der Waals surface area contributed by atoms with Crippen molar-refractivity contribution in [3.63, 3.8) is 0 Å². The molecule has 194 valence electrons. The smallest absolute Gasteiger partial charge is 0.273 e. The van der Waals surface area contributed by atoms with Crippen molar-refractivity contribution in [2.75, 3.05) is 13.1 Å². The number of hydrogen-bond acceptors (Lipinski definition) is 5. The molecule has 0 saturated carbocycles. The number of aromatic nitrogens is 1. The van der Waals surface area contributed by atoms with Gasteiger partial charge in [0.25, 0.3) is 5.91 Å². The molecule has 8 heteroatoms. The number of likely N-dealkylation sites (tertiary alicyclic amines) is 1. The highest BCUT2D eigenvalue weighted by atomic mass is 16.2. The first-order chi connectivity index (χ1) is 18.0. The summed E-state index contributed by atoms with van der Waals surface area (Å²) in [5, 5.41) is 2.34. The lowest BCUT2D eigenvalue weighted by molar-refractivity contribution is -0.163. The van der Waals surface area contributed by atoms with E-state index in [4.69, 9.17) is 0 Å². The summed E-state index contributed by atoms with van der Waals surface area (Å²) in [6.07, 6.45) is 9.05. The SMILES string of the molecule is O=C(CCCCCc1ccc2c(c1)C(=O)N(N1C(=O)CCCC1=O)C2)N1CCC(c2ccccn2)CC1. The number of pyridine rings is 1. The van der Waals surface area contributed by atoms with Gasteiger partial charge in [-0.1, -0.05) is 24.6 Å². The van der Waals surface area contributed by atoms with Crippen molar-refractivity contribution in [1.82, 2.24) is 19.9 Å². The fourth-order valence-electron chi connectivity index (χ4n) is 5.64. The molecule has 0 unspecified atom stereocenters. The largest absolute Gasteiger partial charge is 0.343 e. The summed E-state index contributed by atoms with van der Waals surface area (Å²) in [5.41, 5.74) is 3.61. The number of carbonyl (C=O) groups is 4.